The third kappa shape index (κ3) is 7.95. The Balaban J connectivity index is 1.05. The van der Waals surface area contributed by atoms with Crippen molar-refractivity contribution in [1.29, 1.82) is 0 Å². The van der Waals surface area contributed by atoms with Gasteiger partial charge in [0.2, 0.25) is 5.69 Å². The number of hydrogen-bond acceptors (Lipinski definition) is 1. The van der Waals surface area contributed by atoms with E-state index in [9.17, 15) is 6.57 Å². The molecule has 0 spiro atoms. The van der Waals surface area contributed by atoms with E-state index < -0.39 is 0 Å². The fourth-order valence-electron chi connectivity index (χ4n) is 14.3. The Morgan fingerprint density at radius 1 is 0.233 bits per heavy atom. The number of aromatic nitrogens is 3. The third-order valence-corrected chi connectivity index (χ3v) is 18.4. The Kier molecular flexibility index (Phi) is 11.6. The van der Waals surface area contributed by atoms with Crippen LogP contribution in [0.1, 0.15) is 0 Å². The molecule has 4 aromatic heterocycles. The minimum atomic E-state index is 0.483. The summed E-state index contributed by atoms with van der Waals surface area (Å²) < 4.78 is 14.8. The van der Waals surface area contributed by atoms with Crippen LogP contribution in [0.4, 0.5) is 5.69 Å². The summed E-state index contributed by atoms with van der Waals surface area (Å²) >= 11 is 0. The summed E-state index contributed by atoms with van der Waals surface area (Å²) in [5, 5.41) is 8.23. The van der Waals surface area contributed by atoms with Crippen molar-refractivity contribution >= 4 is 93.0 Å². The van der Waals surface area contributed by atoms with Crippen LogP contribution in [0, 0.1) is 6.57 Å². The van der Waals surface area contributed by atoms with Crippen molar-refractivity contribution < 1.29 is 4.42 Å². The van der Waals surface area contributed by atoms with Crippen molar-refractivity contribution in [1.82, 2.24) is 13.7 Å². The Morgan fingerprint density at radius 2 is 0.489 bits per heavy atom. The highest BCUT2D eigenvalue weighted by molar-refractivity contribution is 6.24. The first-order chi connectivity index (χ1) is 44.6. The molecule has 0 aliphatic carbocycles. The fourth-order valence-corrected chi connectivity index (χ4v) is 14.3. The molecule has 0 aliphatic heterocycles. The standard InChI is InChI=1S/C85H52N4O/c1-86-81-82(87-73-42-36-60(54-22-8-2-9-23-54)48-67(73)68-49-61(37-43-74(68)87)55-24-10-3-11-25-55)80-66-34-20-21-35-79(66)90-85(80)84(89-77-46-40-64(58-30-16-6-17-31-58)52-71(77)72-53-65(41-47-78(72)89)59-32-18-7-19-33-59)83(81)88-75-44-38-62(56-26-12-4-13-27-56)50-69(75)70-51-63(39-45-76(70)88)57-28-14-5-15-29-57/h2-53H. The predicted molar refractivity (Wildman–Crippen MR) is 376 cm³/mol. The van der Waals surface area contributed by atoms with Gasteiger partial charge in [0.25, 0.3) is 0 Å². The van der Waals surface area contributed by atoms with E-state index >= 15 is 0 Å². The van der Waals surface area contributed by atoms with E-state index in [-0.39, 0.29) is 0 Å². The molecule has 14 aromatic carbocycles. The molecule has 5 heteroatoms. The van der Waals surface area contributed by atoms with Crippen LogP contribution in [0.5, 0.6) is 0 Å². The van der Waals surface area contributed by atoms with Crippen molar-refractivity contribution in [2.45, 2.75) is 0 Å². The number of nitrogens with zero attached hydrogens (tertiary/aromatic N) is 4. The zero-order chi connectivity index (χ0) is 59.4. The van der Waals surface area contributed by atoms with Gasteiger partial charge in [0.15, 0.2) is 5.58 Å². The largest absolute Gasteiger partial charge is 0.454 e. The lowest BCUT2D eigenvalue weighted by Gasteiger charge is -2.23. The van der Waals surface area contributed by atoms with Gasteiger partial charge in [0.05, 0.1) is 51.0 Å². The number of furan rings is 1. The summed E-state index contributed by atoms with van der Waals surface area (Å²) in [7, 11) is 0. The molecule has 0 saturated carbocycles. The van der Waals surface area contributed by atoms with Crippen molar-refractivity contribution in [2.75, 3.05) is 0 Å². The maximum absolute atomic E-state index is 10.1. The molecule has 0 unspecified atom stereocenters. The lowest BCUT2D eigenvalue weighted by molar-refractivity contribution is 0.666. The molecule has 0 N–H and O–H groups in total. The molecule has 0 saturated heterocycles. The predicted octanol–water partition coefficient (Wildman–Crippen LogP) is 23.4. The van der Waals surface area contributed by atoms with Crippen molar-refractivity contribution in [3.8, 4) is 83.8 Å². The first kappa shape index (κ1) is 51.0. The van der Waals surface area contributed by atoms with Gasteiger partial charge < -0.3 is 18.1 Å². The first-order valence-corrected chi connectivity index (χ1v) is 30.6. The number of para-hydroxylation sites is 1. The molecule has 0 radical (unpaired) electrons. The quantitative estimate of drug-likeness (QED) is 0.133. The summed E-state index contributed by atoms with van der Waals surface area (Å²) in [6, 6.07) is 113. The van der Waals surface area contributed by atoms with Crippen LogP contribution in [0.3, 0.4) is 0 Å². The van der Waals surface area contributed by atoms with Gasteiger partial charge in [-0.1, -0.05) is 237 Å². The summed E-state index contributed by atoms with van der Waals surface area (Å²) in [4.78, 5) is 5.00. The lowest BCUT2D eigenvalue weighted by atomic mass is 10.0. The molecule has 5 nitrogen and oxygen atoms in total. The summed E-state index contributed by atoms with van der Waals surface area (Å²) in [6.07, 6.45) is 0. The Morgan fingerprint density at radius 3 is 0.778 bits per heavy atom. The highest BCUT2D eigenvalue weighted by atomic mass is 16.3. The zero-order valence-electron chi connectivity index (χ0n) is 48.7. The minimum Gasteiger partial charge on any atom is -0.454 e. The van der Waals surface area contributed by atoms with Crippen LogP contribution in [0.15, 0.2) is 320 Å². The third-order valence-electron chi connectivity index (χ3n) is 18.4. The van der Waals surface area contributed by atoms with Crippen LogP contribution in [0.2, 0.25) is 0 Å². The molecule has 18 aromatic rings. The van der Waals surface area contributed by atoms with Crippen molar-refractivity contribution in [2.24, 2.45) is 0 Å². The number of hydrogen-bond donors (Lipinski definition) is 0. The Hall–Kier alpha value is -12.2. The van der Waals surface area contributed by atoms with Crippen LogP contribution in [-0.4, -0.2) is 13.7 Å². The highest BCUT2D eigenvalue weighted by Gasteiger charge is 2.33. The van der Waals surface area contributed by atoms with Gasteiger partial charge >= 0.3 is 0 Å². The molecule has 0 amide bonds. The monoisotopic (exact) mass is 1140 g/mol. The average Bonchev–Trinajstić information content (AvgIpc) is 1.51. The Bertz CT molecular complexity index is 5640. The maximum atomic E-state index is 10.1. The molecule has 4 heterocycles. The van der Waals surface area contributed by atoms with Gasteiger partial charge in [-0.3, -0.25) is 0 Å². The second-order valence-corrected chi connectivity index (χ2v) is 23.4. The molecule has 0 aliphatic rings. The van der Waals surface area contributed by atoms with Crippen molar-refractivity contribution in [3.63, 3.8) is 0 Å². The van der Waals surface area contributed by atoms with Gasteiger partial charge in [-0.15, -0.1) is 0 Å². The van der Waals surface area contributed by atoms with Crippen molar-refractivity contribution in [3.05, 3.63) is 327 Å². The van der Waals surface area contributed by atoms with E-state index in [0.29, 0.717) is 17.0 Å². The minimum absolute atomic E-state index is 0.483. The molecular formula is C85H52N4O. The van der Waals surface area contributed by atoms with E-state index in [1.807, 2.05) is 0 Å². The number of rotatable bonds is 9. The molecule has 18 rings (SSSR count). The lowest BCUT2D eigenvalue weighted by Crippen LogP contribution is -2.08. The average molecular weight is 1150 g/mol. The van der Waals surface area contributed by atoms with E-state index in [1.54, 1.807) is 0 Å². The molecule has 0 fully saturated rings. The van der Waals surface area contributed by atoms with Crippen LogP contribution in [-0.2, 0) is 0 Å². The SMILES string of the molecule is [C-]#[N+]c1c(-n2c3ccc(-c4ccccc4)cc3c3cc(-c4ccccc4)ccc32)c(-n2c3ccc(-c4ccccc4)cc3c3cc(-c4ccccc4)ccc32)c2oc3ccccc3c2c1-n1c2ccc(-c3ccccc3)cc2c2cc(-c3ccccc3)ccc21. The van der Waals surface area contributed by atoms with Gasteiger partial charge in [-0.2, -0.15) is 0 Å². The second kappa shape index (κ2) is 20.5. The summed E-state index contributed by atoms with van der Waals surface area (Å²) in [5.74, 6) is 0. The van der Waals surface area contributed by atoms with E-state index in [1.165, 1.54) is 0 Å². The van der Waals surface area contributed by atoms with Crippen LogP contribution in [0.25, 0.3) is 176 Å². The molecule has 0 atom stereocenters. The van der Waals surface area contributed by atoms with Gasteiger partial charge in [-0.05, 0) is 146 Å². The smallest absolute Gasteiger partial charge is 0.236 e. The Labute approximate surface area is 518 Å². The zero-order valence-corrected chi connectivity index (χ0v) is 48.7. The molecule has 90 heavy (non-hydrogen) atoms. The second-order valence-electron chi connectivity index (χ2n) is 23.4. The normalized spacial score (nSPS) is 11.8. The molecular weight excluding hydrogens is 1090 g/mol. The van der Waals surface area contributed by atoms with E-state index in [2.05, 4.69) is 329 Å². The number of benzene rings is 14. The maximum Gasteiger partial charge on any atom is 0.236 e. The van der Waals surface area contributed by atoms with E-state index in [0.717, 1.165) is 160 Å². The van der Waals surface area contributed by atoms with Gasteiger partial charge in [-0.25, -0.2) is 4.85 Å². The summed E-state index contributed by atoms with van der Waals surface area (Å²) in [6.45, 7) is 10.1. The molecule has 418 valence electrons. The highest BCUT2D eigenvalue weighted by Crippen LogP contribution is 2.54. The number of fused-ring (bicyclic) bond motifs is 12. The first-order valence-electron chi connectivity index (χ1n) is 30.6. The van der Waals surface area contributed by atoms with Crippen LogP contribution >= 0.6 is 0 Å². The van der Waals surface area contributed by atoms with Gasteiger partial charge in [0, 0.05) is 43.1 Å². The topological polar surface area (TPSA) is 32.3 Å². The molecule has 0 bridgehead atoms. The van der Waals surface area contributed by atoms with E-state index in [4.69, 9.17) is 9.26 Å². The van der Waals surface area contributed by atoms with Gasteiger partial charge in [0.1, 0.15) is 11.3 Å². The van der Waals surface area contributed by atoms with Crippen LogP contribution < -0.4 is 0 Å². The summed E-state index contributed by atoms with van der Waals surface area (Å²) in [5.41, 5.74) is 23.4. The fraction of sp³-hybridized carbons (Fsp3) is 0.